The number of benzene rings is 1. The molecule has 1 aromatic carbocycles. The van der Waals surface area contributed by atoms with Gasteiger partial charge in [0.25, 0.3) is 5.91 Å². The van der Waals surface area contributed by atoms with Crippen molar-refractivity contribution in [2.75, 3.05) is 19.8 Å². The first-order valence-corrected chi connectivity index (χ1v) is 13.2. The number of ether oxygens (including phenoxy) is 1. The van der Waals surface area contributed by atoms with Gasteiger partial charge in [0, 0.05) is 36.1 Å². The van der Waals surface area contributed by atoms with Gasteiger partial charge in [-0.15, -0.1) is 5.10 Å². The van der Waals surface area contributed by atoms with E-state index < -0.39 is 60.9 Å². The number of nitrogens with zero attached hydrogens (tertiary/aromatic N) is 3. The van der Waals surface area contributed by atoms with Crippen molar-refractivity contribution >= 4 is 52.0 Å². The molecule has 1 fully saturated rings. The zero-order valence-electron chi connectivity index (χ0n) is 21.6. The van der Waals surface area contributed by atoms with Gasteiger partial charge in [-0.25, -0.2) is 4.79 Å². The SMILES string of the molecule is Cc1nnsc1C(=O)NC1CCN(C(=O)COCC(=O)O)C(C(=O)NC(Cc2c[nH]c3ccccc23)C(N)=O)C1. The van der Waals surface area contributed by atoms with Crippen LogP contribution >= 0.6 is 11.5 Å². The van der Waals surface area contributed by atoms with Crippen LogP contribution in [0.2, 0.25) is 0 Å². The molecule has 1 aliphatic rings. The number of H-pyrrole nitrogens is 1. The lowest BCUT2D eigenvalue weighted by Crippen LogP contribution is -2.60. The van der Waals surface area contributed by atoms with Gasteiger partial charge < -0.3 is 36.1 Å². The van der Waals surface area contributed by atoms with Crippen molar-refractivity contribution in [2.45, 2.75) is 44.3 Å². The molecule has 0 aliphatic carbocycles. The van der Waals surface area contributed by atoms with Crippen LogP contribution in [-0.2, 0) is 30.3 Å². The van der Waals surface area contributed by atoms with Gasteiger partial charge in [-0.2, -0.15) is 0 Å². The van der Waals surface area contributed by atoms with Crippen LogP contribution in [0.5, 0.6) is 0 Å². The number of aromatic amines is 1. The second kappa shape index (κ2) is 12.7. The predicted molar refractivity (Wildman–Crippen MR) is 142 cm³/mol. The molecule has 0 saturated carbocycles. The minimum absolute atomic E-state index is 0.0477. The summed E-state index contributed by atoms with van der Waals surface area (Å²) in [5.41, 5.74) is 7.75. The Morgan fingerprint density at radius 2 is 2.02 bits per heavy atom. The lowest BCUT2D eigenvalue weighted by atomic mass is 9.95. The zero-order chi connectivity index (χ0) is 28.8. The van der Waals surface area contributed by atoms with E-state index >= 15 is 0 Å². The number of amides is 4. The molecule has 4 rings (SSSR count). The van der Waals surface area contributed by atoms with Gasteiger partial charge in [-0.05, 0) is 42.9 Å². The predicted octanol–water partition coefficient (Wildman–Crippen LogP) is -0.269. The number of carboxylic acid groups (broad SMARTS) is 1. The molecule has 1 aliphatic heterocycles. The van der Waals surface area contributed by atoms with Gasteiger partial charge in [-0.1, -0.05) is 22.7 Å². The van der Waals surface area contributed by atoms with E-state index in [0.717, 1.165) is 28.0 Å². The highest BCUT2D eigenvalue weighted by Gasteiger charge is 2.38. The minimum atomic E-state index is -1.24. The van der Waals surface area contributed by atoms with Crippen LogP contribution in [-0.4, -0.2) is 92.1 Å². The van der Waals surface area contributed by atoms with E-state index in [1.54, 1.807) is 13.1 Å². The summed E-state index contributed by atoms with van der Waals surface area (Å²) in [6.07, 6.45) is 2.24. The van der Waals surface area contributed by atoms with Crippen LogP contribution in [0, 0.1) is 6.92 Å². The number of aryl methyl sites for hydroxylation is 1. The maximum Gasteiger partial charge on any atom is 0.329 e. The highest BCUT2D eigenvalue weighted by Crippen LogP contribution is 2.22. The van der Waals surface area contributed by atoms with Gasteiger partial charge in [-0.3, -0.25) is 19.2 Å². The molecule has 3 unspecified atom stereocenters. The van der Waals surface area contributed by atoms with Crippen molar-refractivity contribution in [1.29, 1.82) is 0 Å². The maximum absolute atomic E-state index is 13.5. The topological polar surface area (TPSA) is 210 Å². The van der Waals surface area contributed by atoms with Crippen molar-refractivity contribution in [3.8, 4) is 0 Å². The lowest BCUT2D eigenvalue weighted by Gasteiger charge is -2.39. The smallest absolute Gasteiger partial charge is 0.329 e. The van der Waals surface area contributed by atoms with Crippen LogP contribution < -0.4 is 16.4 Å². The lowest BCUT2D eigenvalue weighted by molar-refractivity contribution is -0.150. The van der Waals surface area contributed by atoms with Crippen LogP contribution in [0.4, 0.5) is 0 Å². The highest BCUT2D eigenvalue weighted by molar-refractivity contribution is 7.08. The number of hydrogen-bond donors (Lipinski definition) is 5. The fourth-order valence-corrected chi connectivity index (χ4v) is 5.21. The van der Waals surface area contributed by atoms with Crippen LogP contribution in [0.1, 0.15) is 33.8 Å². The fraction of sp³-hybridized carbons (Fsp3) is 0.400. The zero-order valence-corrected chi connectivity index (χ0v) is 22.4. The summed E-state index contributed by atoms with van der Waals surface area (Å²) in [4.78, 5) is 67.0. The normalized spacial score (nSPS) is 17.8. The largest absolute Gasteiger partial charge is 0.480 e. The molecule has 3 heterocycles. The quantitative estimate of drug-likeness (QED) is 0.205. The van der Waals surface area contributed by atoms with E-state index in [4.69, 9.17) is 15.6 Å². The summed E-state index contributed by atoms with van der Waals surface area (Å²) in [5.74, 6) is -3.62. The average molecular weight is 572 g/mol. The third kappa shape index (κ3) is 6.79. The van der Waals surface area contributed by atoms with Gasteiger partial charge in [0.05, 0.1) is 5.69 Å². The Hall–Kier alpha value is -4.37. The standard InChI is InChI=1S/C25H29N7O7S/c1-13-22(40-31-30-13)25(38)28-15-6-7-32(20(33)11-39-12-21(34)35)19(9-15)24(37)29-18(23(26)36)8-14-10-27-17-5-3-2-4-16(14)17/h2-5,10,15,18-19,27H,6-9,11-12H2,1H3,(H2,26,36)(H,28,38)(H,29,37)(H,34,35). The summed E-state index contributed by atoms with van der Waals surface area (Å²) in [6.45, 7) is 0.520. The number of likely N-dealkylation sites (tertiary alicyclic amines) is 1. The number of para-hydroxylation sites is 1. The number of carbonyl (C=O) groups is 5. The molecule has 1 saturated heterocycles. The first-order valence-electron chi connectivity index (χ1n) is 12.5. The molecule has 0 radical (unpaired) electrons. The number of carbonyl (C=O) groups excluding carboxylic acids is 4. The Bertz CT molecular complexity index is 1420. The van der Waals surface area contributed by atoms with E-state index in [9.17, 15) is 24.0 Å². The monoisotopic (exact) mass is 571 g/mol. The van der Waals surface area contributed by atoms with Crippen molar-refractivity contribution in [1.82, 2.24) is 30.1 Å². The summed E-state index contributed by atoms with van der Waals surface area (Å²) in [5, 5.41) is 19.1. The second-order valence-electron chi connectivity index (χ2n) is 9.40. The van der Waals surface area contributed by atoms with E-state index in [-0.39, 0.29) is 19.4 Å². The van der Waals surface area contributed by atoms with Crippen molar-refractivity contribution in [3.63, 3.8) is 0 Å². The van der Waals surface area contributed by atoms with Crippen LogP contribution in [0.3, 0.4) is 0 Å². The molecule has 3 aromatic rings. The van der Waals surface area contributed by atoms with Crippen molar-refractivity contribution in [3.05, 3.63) is 46.6 Å². The molecule has 4 amide bonds. The molecule has 6 N–H and O–H groups in total. The molecule has 40 heavy (non-hydrogen) atoms. The number of hydrogen-bond acceptors (Lipinski definition) is 9. The Kier molecular flexibility index (Phi) is 9.06. The molecular weight excluding hydrogens is 542 g/mol. The van der Waals surface area contributed by atoms with E-state index in [2.05, 4.69) is 25.2 Å². The first-order chi connectivity index (χ1) is 19.1. The molecule has 3 atom stereocenters. The maximum atomic E-state index is 13.5. The number of piperidine rings is 1. The van der Waals surface area contributed by atoms with E-state index in [1.165, 1.54) is 4.90 Å². The molecule has 2 aromatic heterocycles. The number of aliphatic carboxylic acids is 1. The highest BCUT2D eigenvalue weighted by atomic mass is 32.1. The van der Waals surface area contributed by atoms with E-state index in [1.807, 2.05) is 24.3 Å². The molecule has 15 heteroatoms. The third-order valence-electron chi connectivity index (χ3n) is 6.63. The number of primary amides is 1. The number of nitrogens with two attached hydrogens (primary N) is 1. The van der Waals surface area contributed by atoms with Crippen molar-refractivity contribution < 1.29 is 33.8 Å². The first kappa shape index (κ1) is 28.6. The summed E-state index contributed by atoms with van der Waals surface area (Å²) in [7, 11) is 0. The van der Waals surface area contributed by atoms with Gasteiger partial charge in [0.1, 0.15) is 30.2 Å². The molecule has 0 spiro atoms. The van der Waals surface area contributed by atoms with Gasteiger partial charge >= 0.3 is 5.97 Å². The summed E-state index contributed by atoms with van der Waals surface area (Å²) < 4.78 is 8.71. The number of nitrogens with one attached hydrogen (secondary N) is 3. The second-order valence-corrected chi connectivity index (χ2v) is 10.2. The van der Waals surface area contributed by atoms with Crippen molar-refractivity contribution in [2.24, 2.45) is 5.73 Å². The molecule has 0 bridgehead atoms. The number of fused-ring (bicyclic) bond motifs is 1. The third-order valence-corrected chi connectivity index (χ3v) is 7.46. The fourth-order valence-electron chi connectivity index (χ4n) is 4.65. The molecule has 14 nitrogen and oxygen atoms in total. The number of aromatic nitrogens is 3. The van der Waals surface area contributed by atoms with Crippen LogP contribution in [0.25, 0.3) is 10.9 Å². The Morgan fingerprint density at radius 3 is 2.73 bits per heavy atom. The number of carboxylic acids is 1. The average Bonchev–Trinajstić information content (AvgIpc) is 3.54. The summed E-state index contributed by atoms with van der Waals surface area (Å²) >= 11 is 0.949. The Morgan fingerprint density at radius 1 is 1.25 bits per heavy atom. The van der Waals surface area contributed by atoms with Gasteiger partial charge in [0.2, 0.25) is 17.7 Å². The number of rotatable bonds is 11. The molecule has 212 valence electrons. The summed E-state index contributed by atoms with van der Waals surface area (Å²) in [6, 6.07) is 4.86. The minimum Gasteiger partial charge on any atom is -0.480 e. The van der Waals surface area contributed by atoms with E-state index in [0.29, 0.717) is 17.0 Å². The van der Waals surface area contributed by atoms with Crippen LogP contribution in [0.15, 0.2) is 30.5 Å². The van der Waals surface area contributed by atoms with Gasteiger partial charge in [0.15, 0.2) is 0 Å². The Labute approximate surface area is 232 Å². The molecular formula is C25H29N7O7S. The Balaban J connectivity index is 1.50.